The molecule has 2 rings (SSSR count). The molecule has 2 aromatic carbocycles. The molecule has 2 aromatic rings. The standard InChI is InChI=1S/C16H15Br2ClO/c1-3-20-15-7-5-11(17)8-14(15)16(18)13-9-12(19)6-4-10(13)2/h4-9,16H,3H2,1-2H3. The number of alkyl halides is 1. The van der Waals surface area contributed by atoms with Gasteiger partial charge in [-0.2, -0.15) is 0 Å². The normalized spacial score (nSPS) is 12.2. The highest BCUT2D eigenvalue weighted by Crippen LogP contribution is 2.40. The lowest BCUT2D eigenvalue weighted by Gasteiger charge is -2.18. The van der Waals surface area contributed by atoms with Crippen molar-refractivity contribution >= 4 is 43.5 Å². The van der Waals surface area contributed by atoms with E-state index >= 15 is 0 Å². The van der Waals surface area contributed by atoms with Gasteiger partial charge in [0.05, 0.1) is 11.4 Å². The Morgan fingerprint density at radius 1 is 1.15 bits per heavy atom. The molecule has 0 aromatic heterocycles. The van der Waals surface area contributed by atoms with E-state index in [4.69, 9.17) is 16.3 Å². The van der Waals surface area contributed by atoms with Crippen LogP contribution in [0.1, 0.15) is 28.4 Å². The summed E-state index contributed by atoms with van der Waals surface area (Å²) in [5, 5.41) is 0.739. The maximum atomic E-state index is 6.12. The molecular formula is C16H15Br2ClO. The summed E-state index contributed by atoms with van der Waals surface area (Å²) >= 11 is 13.4. The summed E-state index contributed by atoms with van der Waals surface area (Å²) in [6, 6.07) is 12.0. The van der Waals surface area contributed by atoms with Crippen LogP contribution in [-0.2, 0) is 0 Å². The number of hydrogen-bond donors (Lipinski definition) is 0. The maximum absolute atomic E-state index is 6.12. The highest BCUT2D eigenvalue weighted by atomic mass is 79.9. The number of halogens is 3. The molecule has 106 valence electrons. The Morgan fingerprint density at radius 2 is 1.90 bits per heavy atom. The molecule has 0 saturated heterocycles. The first kappa shape index (κ1) is 15.9. The van der Waals surface area contributed by atoms with Crippen molar-refractivity contribution in [3.63, 3.8) is 0 Å². The molecule has 20 heavy (non-hydrogen) atoms. The van der Waals surface area contributed by atoms with E-state index in [1.54, 1.807) is 0 Å². The fourth-order valence-corrected chi connectivity index (χ4v) is 3.47. The molecule has 0 radical (unpaired) electrons. The van der Waals surface area contributed by atoms with Crippen LogP contribution >= 0.6 is 43.5 Å². The molecule has 0 fully saturated rings. The molecule has 0 aliphatic rings. The van der Waals surface area contributed by atoms with Gasteiger partial charge in [-0.1, -0.05) is 49.5 Å². The largest absolute Gasteiger partial charge is 0.494 e. The Balaban J connectivity index is 2.49. The zero-order valence-electron chi connectivity index (χ0n) is 11.3. The Morgan fingerprint density at radius 3 is 2.60 bits per heavy atom. The Hall–Kier alpha value is -0.510. The van der Waals surface area contributed by atoms with Gasteiger partial charge in [0.1, 0.15) is 5.75 Å². The van der Waals surface area contributed by atoms with Crippen molar-refractivity contribution in [1.29, 1.82) is 0 Å². The molecular weight excluding hydrogens is 403 g/mol. The van der Waals surface area contributed by atoms with Gasteiger partial charge in [-0.15, -0.1) is 0 Å². The van der Waals surface area contributed by atoms with Gasteiger partial charge in [0, 0.05) is 15.1 Å². The minimum atomic E-state index is 0.0419. The minimum Gasteiger partial charge on any atom is -0.494 e. The summed E-state index contributed by atoms with van der Waals surface area (Å²) in [5.41, 5.74) is 3.43. The summed E-state index contributed by atoms with van der Waals surface area (Å²) in [6.07, 6.45) is 0. The van der Waals surface area contributed by atoms with Crippen LogP contribution in [0.15, 0.2) is 40.9 Å². The molecule has 0 amide bonds. The van der Waals surface area contributed by atoms with Crippen molar-refractivity contribution in [3.8, 4) is 5.75 Å². The van der Waals surface area contributed by atoms with Crippen LogP contribution in [0.3, 0.4) is 0 Å². The third-order valence-corrected chi connectivity index (χ3v) is 4.77. The summed E-state index contributed by atoms with van der Waals surface area (Å²) < 4.78 is 6.75. The lowest BCUT2D eigenvalue weighted by molar-refractivity contribution is 0.337. The smallest absolute Gasteiger partial charge is 0.124 e. The molecule has 0 aliphatic carbocycles. The summed E-state index contributed by atoms with van der Waals surface area (Å²) in [4.78, 5) is 0.0419. The van der Waals surface area contributed by atoms with Crippen LogP contribution in [-0.4, -0.2) is 6.61 Å². The van der Waals surface area contributed by atoms with Gasteiger partial charge in [0.2, 0.25) is 0 Å². The van der Waals surface area contributed by atoms with Crippen LogP contribution in [0.5, 0.6) is 5.75 Å². The van der Waals surface area contributed by atoms with Gasteiger partial charge < -0.3 is 4.74 Å². The SMILES string of the molecule is CCOc1ccc(Br)cc1C(Br)c1cc(Cl)ccc1C. The Labute approximate surface area is 141 Å². The van der Waals surface area contributed by atoms with Crippen LogP contribution in [0.25, 0.3) is 0 Å². The molecule has 4 heteroatoms. The van der Waals surface area contributed by atoms with Crippen molar-refractivity contribution in [2.45, 2.75) is 18.7 Å². The zero-order valence-corrected chi connectivity index (χ0v) is 15.2. The molecule has 0 N–H and O–H groups in total. The van der Waals surface area contributed by atoms with E-state index in [1.165, 1.54) is 5.56 Å². The quantitative estimate of drug-likeness (QED) is 0.530. The van der Waals surface area contributed by atoms with Crippen molar-refractivity contribution in [1.82, 2.24) is 0 Å². The zero-order chi connectivity index (χ0) is 14.7. The second-order valence-electron chi connectivity index (χ2n) is 4.48. The molecule has 0 saturated carbocycles. The van der Waals surface area contributed by atoms with Crippen molar-refractivity contribution in [2.75, 3.05) is 6.61 Å². The van der Waals surface area contributed by atoms with Gasteiger partial charge in [0.15, 0.2) is 0 Å². The second kappa shape index (κ2) is 6.97. The van der Waals surface area contributed by atoms with Gasteiger partial charge in [-0.3, -0.25) is 0 Å². The number of rotatable bonds is 4. The van der Waals surface area contributed by atoms with Gasteiger partial charge in [0.25, 0.3) is 0 Å². The first-order chi connectivity index (χ1) is 9.52. The molecule has 1 unspecified atom stereocenters. The first-order valence-corrected chi connectivity index (χ1v) is 8.44. The number of aryl methyl sites for hydroxylation is 1. The Bertz CT molecular complexity index is 613. The van der Waals surface area contributed by atoms with Crippen LogP contribution in [0.2, 0.25) is 5.02 Å². The lowest BCUT2D eigenvalue weighted by atomic mass is 10.00. The third-order valence-electron chi connectivity index (χ3n) is 3.06. The van der Waals surface area contributed by atoms with E-state index in [1.807, 2.05) is 37.3 Å². The summed E-state index contributed by atoms with van der Waals surface area (Å²) in [5.74, 6) is 0.886. The number of benzene rings is 2. The van der Waals surface area contributed by atoms with E-state index in [9.17, 15) is 0 Å². The molecule has 0 spiro atoms. The van der Waals surface area contributed by atoms with Crippen molar-refractivity contribution in [3.05, 3.63) is 62.6 Å². The van der Waals surface area contributed by atoms with Gasteiger partial charge in [-0.25, -0.2) is 0 Å². The van der Waals surface area contributed by atoms with E-state index < -0.39 is 0 Å². The van der Waals surface area contributed by atoms with E-state index in [0.717, 1.165) is 26.4 Å². The monoisotopic (exact) mass is 416 g/mol. The average Bonchev–Trinajstić information content (AvgIpc) is 2.43. The predicted octanol–water partition coefficient (Wildman–Crippen LogP) is 6.29. The average molecular weight is 419 g/mol. The van der Waals surface area contributed by atoms with E-state index in [-0.39, 0.29) is 4.83 Å². The lowest BCUT2D eigenvalue weighted by Crippen LogP contribution is -2.01. The Kier molecular flexibility index (Phi) is 5.53. The van der Waals surface area contributed by atoms with Gasteiger partial charge >= 0.3 is 0 Å². The topological polar surface area (TPSA) is 9.23 Å². The number of ether oxygens (including phenoxy) is 1. The second-order valence-corrected chi connectivity index (χ2v) is 6.75. The van der Waals surface area contributed by atoms with Gasteiger partial charge in [-0.05, 0) is 55.3 Å². The fourth-order valence-electron chi connectivity index (χ4n) is 2.06. The minimum absolute atomic E-state index is 0.0419. The first-order valence-electron chi connectivity index (χ1n) is 6.35. The number of hydrogen-bond acceptors (Lipinski definition) is 1. The molecule has 0 heterocycles. The molecule has 1 nitrogen and oxygen atoms in total. The third kappa shape index (κ3) is 3.57. The summed E-state index contributed by atoms with van der Waals surface area (Å²) in [7, 11) is 0. The van der Waals surface area contributed by atoms with Crippen molar-refractivity contribution in [2.24, 2.45) is 0 Å². The maximum Gasteiger partial charge on any atom is 0.124 e. The van der Waals surface area contributed by atoms with Crippen LogP contribution < -0.4 is 4.74 Å². The van der Waals surface area contributed by atoms with Crippen LogP contribution in [0.4, 0.5) is 0 Å². The van der Waals surface area contributed by atoms with E-state index in [0.29, 0.717) is 6.61 Å². The molecule has 1 atom stereocenters. The van der Waals surface area contributed by atoms with Crippen LogP contribution in [0, 0.1) is 6.92 Å². The highest BCUT2D eigenvalue weighted by molar-refractivity contribution is 9.10. The van der Waals surface area contributed by atoms with Crippen molar-refractivity contribution < 1.29 is 4.74 Å². The predicted molar refractivity (Wildman–Crippen MR) is 92.3 cm³/mol. The van der Waals surface area contributed by atoms with E-state index in [2.05, 4.69) is 44.8 Å². The summed E-state index contributed by atoms with van der Waals surface area (Å²) in [6.45, 7) is 4.71. The molecule has 0 bridgehead atoms. The fraction of sp³-hybridized carbons (Fsp3) is 0.250. The highest BCUT2D eigenvalue weighted by Gasteiger charge is 2.18. The molecule has 0 aliphatic heterocycles.